The van der Waals surface area contributed by atoms with Gasteiger partial charge in [-0.05, 0) is 100 Å². The highest BCUT2D eigenvalue weighted by Gasteiger charge is 2.35. The van der Waals surface area contributed by atoms with Gasteiger partial charge in [-0.25, -0.2) is 0 Å². The molecule has 0 fully saturated rings. The van der Waals surface area contributed by atoms with E-state index >= 15 is 0 Å². The fourth-order valence-electron chi connectivity index (χ4n) is 6.55. The van der Waals surface area contributed by atoms with E-state index in [1.165, 1.54) is 44.5 Å². The Morgan fingerprint density at radius 2 is 1.14 bits per heavy atom. The zero-order valence-electron chi connectivity index (χ0n) is 30.7. The Labute approximate surface area is 306 Å². The molecule has 0 spiro atoms. The van der Waals surface area contributed by atoms with Crippen LogP contribution in [0.1, 0.15) is 45.2 Å². The van der Waals surface area contributed by atoms with E-state index in [9.17, 15) is 0 Å². The summed E-state index contributed by atoms with van der Waals surface area (Å²) < 4.78 is 0. The third-order valence-electron chi connectivity index (χ3n) is 9.20. The summed E-state index contributed by atoms with van der Waals surface area (Å²) in [4.78, 5) is 2.30. The molecule has 51 heavy (non-hydrogen) atoms. The van der Waals surface area contributed by atoms with Gasteiger partial charge in [0.2, 0.25) is 0 Å². The van der Waals surface area contributed by atoms with Crippen LogP contribution in [-0.2, 0) is 5.41 Å². The van der Waals surface area contributed by atoms with E-state index in [-0.39, 0.29) is 5.41 Å². The first-order valence-electron chi connectivity index (χ1n) is 17.8. The van der Waals surface area contributed by atoms with Crippen LogP contribution in [0.5, 0.6) is 0 Å². The molecule has 0 unspecified atom stereocenters. The first-order chi connectivity index (χ1) is 24.9. The number of benzene rings is 6. The molecule has 2 heteroatoms. The molecule has 0 aliphatic heterocycles. The second-order valence-electron chi connectivity index (χ2n) is 12.9. The van der Waals surface area contributed by atoms with Gasteiger partial charge in [-0.1, -0.05) is 167 Å². The lowest BCUT2D eigenvalue weighted by atomic mass is 9.82. The van der Waals surface area contributed by atoms with Gasteiger partial charge in [0, 0.05) is 29.5 Å². The second-order valence-corrected chi connectivity index (χ2v) is 12.9. The Bertz CT molecular complexity index is 2020. The Morgan fingerprint density at radius 1 is 0.608 bits per heavy atom. The van der Waals surface area contributed by atoms with Crippen LogP contribution in [0, 0.1) is 0 Å². The third-order valence-corrected chi connectivity index (χ3v) is 9.20. The summed E-state index contributed by atoms with van der Waals surface area (Å²) in [6, 6.07) is 55.8. The maximum atomic E-state index is 4.13. The molecular weight excluding hydrogens is 617 g/mol. The number of anilines is 2. The van der Waals surface area contributed by atoms with Gasteiger partial charge in [0.1, 0.15) is 0 Å². The smallest absolute Gasteiger partial charge is 0.0464 e. The predicted octanol–water partition coefficient (Wildman–Crippen LogP) is 13.4. The van der Waals surface area contributed by atoms with Gasteiger partial charge in [0.05, 0.1) is 0 Å². The molecule has 6 aromatic rings. The molecule has 1 aliphatic carbocycles. The number of nitrogens with zero attached hydrogens (tertiary/aromatic N) is 1. The first-order valence-corrected chi connectivity index (χ1v) is 17.8. The van der Waals surface area contributed by atoms with Gasteiger partial charge in [0.25, 0.3) is 0 Å². The highest BCUT2D eigenvalue weighted by Crippen LogP contribution is 2.50. The Hall–Kier alpha value is -5.86. The Balaban J connectivity index is 0.000000359. The minimum absolute atomic E-state index is 0.0501. The van der Waals surface area contributed by atoms with Crippen molar-refractivity contribution in [3.8, 4) is 33.4 Å². The monoisotopic (exact) mass is 666 g/mol. The van der Waals surface area contributed by atoms with Crippen molar-refractivity contribution in [2.24, 2.45) is 0 Å². The Kier molecular flexibility index (Phi) is 12.6. The van der Waals surface area contributed by atoms with Crippen molar-refractivity contribution in [3.05, 3.63) is 206 Å². The molecule has 0 saturated carbocycles. The zero-order chi connectivity index (χ0) is 36.1. The van der Waals surface area contributed by atoms with E-state index in [0.717, 1.165) is 23.5 Å². The molecule has 0 amide bonds. The van der Waals surface area contributed by atoms with E-state index in [1.807, 2.05) is 55.7 Å². The quantitative estimate of drug-likeness (QED) is 0.163. The highest BCUT2D eigenvalue weighted by molar-refractivity contribution is 5.84. The summed E-state index contributed by atoms with van der Waals surface area (Å²) in [5.41, 5.74) is 13.5. The number of rotatable bonds is 8. The highest BCUT2D eigenvalue weighted by atomic mass is 15.1. The molecule has 6 aromatic carbocycles. The van der Waals surface area contributed by atoms with Crippen LogP contribution >= 0.6 is 0 Å². The lowest BCUT2D eigenvalue weighted by Gasteiger charge is -2.28. The van der Waals surface area contributed by atoms with Crippen molar-refractivity contribution in [2.45, 2.75) is 39.5 Å². The summed E-state index contributed by atoms with van der Waals surface area (Å²) in [6.07, 6.45) is 9.17. The van der Waals surface area contributed by atoms with Crippen LogP contribution in [0.2, 0.25) is 0 Å². The summed E-state index contributed by atoms with van der Waals surface area (Å²) in [5.74, 6) is 0. The standard InChI is InChI=1S/C38H33N.C6H6.C5H11N/c1-5-31(6-2)39(33-23-24-35-34-17-10-11-18-36(34)38(3,4)37(35)26-33)32-21-19-28(20-22-32)30-16-12-15-29(25-30)27-13-8-7-9-14-27;1-2-4-6-5-3-1;1-3-4-5-6-2/h5-26H,1H2,2-4H3;1-6H;4-6H,3H2,1-2H3/b31-6+;;5-4+. The van der Waals surface area contributed by atoms with Crippen LogP contribution in [-0.4, -0.2) is 7.05 Å². The van der Waals surface area contributed by atoms with Crippen molar-refractivity contribution >= 4 is 11.4 Å². The molecule has 7 rings (SSSR count). The van der Waals surface area contributed by atoms with E-state index < -0.39 is 0 Å². The first kappa shape index (κ1) is 36.4. The lowest BCUT2D eigenvalue weighted by Crippen LogP contribution is -2.18. The molecule has 0 saturated heterocycles. The zero-order valence-corrected chi connectivity index (χ0v) is 30.7. The maximum absolute atomic E-state index is 4.13. The summed E-state index contributed by atoms with van der Waals surface area (Å²) in [5, 5.41) is 2.89. The predicted molar refractivity (Wildman–Crippen MR) is 222 cm³/mol. The summed E-state index contributed by atoms with van der Waals surface area (Å²) >= 11 is 0. The third kappa shape index (κ3) is 8.66. The Morgan fingerprint density at radius 3 is 1.71 bits per heavy atom. The number of allylic oxidation sites excluding steroid dienone is 3. The van der Waals surface area contributed by atoms with Gasteiger partial charge in [-0.2, -0.15) is 0 Å². The second kappa shape index (κ2) is 17.7. The van der Waals surface area contributed by atoms with E-state index in [1.54, 1.807) is 0 Å². The van der Waals surface area contributed by atoms with E-state index in [4.69, 9.17) is 0 Å². The van der Waals surface area contributed by atoms with Crippen molar-refractivity contribution in [1.29, 1.82) is 0 Å². The van der Waals surface area contributed by atoms with Gasteiger partial charge in [-0.3, -0.25) is 0 Å². The minimum Gasteiger partial charge on any atom is -0.394 e. The van der Waals surface area contributed by atoms with Gasteiger partial charge in [0.15, 0.2) is 0 Å². The number of fused-ring (bicyclic) bond motifs is 3. The fourth-order valence-corrected chi connectivity index (χ4v) is 6.55. The molecule has 0 bridgehead atoms. The van der Waals surface area contributed by atoms with Crippen molar-refractivity contribution in [3.63, 3.8) is 0 Å². The van der Waals surface area contributed by atoms with Gasteiger partial charge in [-0.15, -0.1) is 0 Å². The summed E-state index contributed by atoms with van der Waals surface area (Å²) in [6.45, 7) is 13.0. The van der Waals surface area contributed by atoms with Crippen LogP contribution < -0.4 is 10.2 Å². The fraction of sp³-hybridized carbons (Fsp3) is 0.143. The van der Waals surface area contributed by atoms with Crippen molar-refractivity contribution in [1.82, 2.24) is 5.32 Å². The van der Waals surface area contributed by atoms with Crippen LogP contribution in [0.4, 0.5) is 11.4 Å². The van der Waals surface area contributed by atoms with Crippen molar-refractivity contribution in [2.75, 3.05) is 11.9 Å². The van der Waals surface area contributed by atoms with Crippen molar-refractivity contribution < 1.29 is 0 Å². The molecule has 1 aliphatic rings. The maximum Gasteiger partial charge on any atom is 0.0464 e. The molecule has 0 aromatic heterocycles. The van der Waals surface area contributed by atoms with E-state index in [2.05, 4.69) is 178 Å². The van der Waals surface area contributed by atoms with Gasteiger partial charge >= 0.3 is 0 Å². The lowest BCUT2D eigenvalue weighted by molar-refractivity contribution is 0.660. The average molecular weight is 667 g/mol. The molecule has 256 valence electrons. The number of hydrogen-bond donors (Lipinski definition) is 1. The van der Waals surface area contributed by atoms with E-state index in [0.29, 0.717) is 0 Å². The molecule has 0 heterocycles. The van der Waals surface area contributed by atoms with Gasteiger partial charge < -0.3 is 10.2 Å². The van der Waals surface area contributed by atoms with Crippen LogP contribution in [0.3, 0.4) is 0 Å². The topological polar surface area (TPSA) is 15.3 Å². The van der Waals surface area contributed by atoms with Crippen LogP contribution in [0.15, 0.2) is 194 Å². The molecule has 2 nitrogen and oxygen atoms in total. The SMILES string of the molecule is C=C/C(=C\C)N(c1ccc(-c2cccc(-c3ccccc3)c2)cc1)c1ccc2c(c1)C(C)(C)c1ccccc1-2.CC/C=C/NC.c1ccccc1. The largest absolute Gasteiger partial charge is 0.394 e. The molecule has 0 radical (unpaired) electrons. The van der Waals surface area contributed by atoms with Crippen LogP contribution in [0.25, 0.3) is 33.4 Å². The summed E-state index contributed by atoms with van der Waals surface area (Å²) in [7, 11) is 1.90. The number of hydrogen-bond acceptors (Lipinski definition) is 2. The molecular formula is C49H50N2. The number of nitrogens with one attached hydrogen (secondary N) is 1. The average Bonchev–Trinajstić information content (AvgIpc) is 3.43. The molecule has 0 atom stereocenters. The normalized spacial score (nSPS) is 12.4. The molecule has 1 N–H and O–H groups in total. The minimum atomic E-state index is -0.0501.